The molecule has 7 heteroatoms. The molecule has 0 aliphatic heterocycles. The minimum absolute atomic E-state index is 0.0452. The summed E-state index contributed by atoms with van der Waals surface area (Å²) in [5, 5.41) is 8.69. The van der Waals surface area contributed by atoms with Gasteiger partial charge in [0.2, 0.25) is 0 Å². The predicted octanol–water partition coefficient (Wildman–Crippen LogP) is 3.26. The molecule has 1 aromatic heterocycles. The first-order chi connectivity index (χ1) is 10.8. The van der Waals surface area contributed by atoms with Crippen molar-refractivity contribution in [2.75, 3.05) is 13.2 Å². The summed E-state index contributed by atoms with van der Waals surface area (Å²) in [6.45, 7) is 2.68. The van der Waals surface area contributed by atoms with E-state index in [1.165, 1.54) is 28.8 Å². The Morgan fingerprint density at radius 2 is 1.91 bits per heavy atom. The summed E-state index contributed by atoms with van der Waals surface area (Å²) in [6.07, 6.45) is -4.50. The van der Waals surface area contributed by atoms with Crippen molar-refractivity contribution in [2.24, 2.45) is 0 Å². The number of ether oxygens (including phenoxy) is 1. The number of carbonyl (C=O) groups is 1. The molecule has 0 unspecified atom stereocenters. The molecule has 2 aromatic rings. The van der Waals surface area contributed by atoms with Crippen LogP contribution in [-0.4, -0.2) is 28.9 Å². The number of rotatable bonds is 4. The van der Waals surface area contributed by atoms with Crippen LogP contribution in [-0.2, 0) is 10.9 Å². The first-order valence-electron chi connectivity index (χ1n) is 6.91. The smallest absolute Gasteiger partial charge is 0.418 e. The van der Waals surface area contributed by atoms with Crippen LogP contribution in [0.3, 0.4) is 0 Å². The van der Waals surface area contributed by atoms with E-state index >= 15 is 0 Å². The normalized spacial score (nSPS) is 11.6. The van der Waals surface area contributed by atoms with Gasteiger partial charge >= 0.3 is 12.1 Å². The summed E-state index contributed by atoms with van der Waals surface area (Å²) in [5.74, 6) is -0.678. The Kier molecular flexibility index (Phi) is 4.79. The molecule has 0 spiro atoms. The number of para-hydroxylation sites is 1. The fraction of sp³-hybridized carbons (Fsp3) is 0.312. The van der Waals surface area contributed by atoms with Crippen molar-refractivity contribution in [2.45, 2.75) is 20.0 Å². The molecule has 0 aliphatic carbocycles. The number of aliphatic hydroxyl groups excluding tert-OH is 1. The second-order valence-electron chi connectivity index (χ2n) is 4.99. The molecule has 1 N–H and O–H groups in total. The standard InChI is InChI=1S/C16H16F3NO3/c1-10-9-12(15(22)23-8-7-21)11(2)20(10)14-6-4-3-5-13(14)16(17,18)19/h3-6,9,21H,7-8H2,1-2H3. The lowest BCUT2D eigenvalue weighted by atomic mass is 10.1. The highest BCUT2D eigenvalue weighted by molar-refractivity contribution is 5.91. The Hall–Kier alpha value is -2.28. The van der Waals surface area contributed by atoms with E-state index in [4.69, 9.17) is 9.84 Å². The summed E-state index contributed by atoms with van der Waals surface area (Å²) in [6, 6.07) is 6.65. The Bertz CT molecular complexity index is 720. The molecule has 0 saturated heterocycles. The Morgan fingerprint density at radius 3 is 2.52 bits per heavy atom. The van der Waals surface area contributed by atoms with Gasteiger partial charge in [-0.3, -0.25) is 0 Å². The number of aryl methyl sites for hydroxylation is 1. The number of halogens is 3. The molecular formula is C16H16F3NO3. The number of hydrogen-bond donors (Lipinski definition) is 1. The molecule has 0 aliphatic rings. The van der Waals surface area contributed by atoms with Crippen LogP contribution >= 0.6 is 0 Å². The molecule has 1 aromatic carbocycles. The predicted molar refractivity (Wildman–Crippen MR) is 77.6 cm³/mol. The van der Waals surface area contributed by atoms with Gasteiger partial charge in [0.1, 0.15) is 6.61 Å². The van der Waals surface area contributed by atoms with E-state index in [0.29, 0.717) is 11.4 Å². The van der Waals surface area contributed by atoms with E-state index in [1.807, 2.05) is 0 Å². The van der Waals surface area contributed by atoms with E-state index in [1.54, 1.807) is 13.8 Å². The summed E-state index contributed by atoms with van der Waals surface area (Å²) in [4.78, 5) is 11.9. The molecule has 0 radical (unpaired) electrons. The van der Waals surface area contributed by atoms with Gasteiger partial charge in [-0.15, -0.1) is 0 Å². The van der Waals surface area contributed by atoms with Crippen molar-refractivity contribution in [3.63, 3.8) is 0 Å². The molecule has 0 saturated carbocycles. The third-order valence-electron chi connectivity index (χ3n) is 3.43. The van der Waals surface area contributed by atoms with Crippen LogP contribution in [0.25, 0.3) is 5.69 Å². The molecule has 23 heavy (non-hydrogen) atoms. The van der Waals surface area contributed by atoms with Crippen LogP contribution < -0.4 is 0 Å². The first kappa shape index (κ1) is 17.1. The lowest BCUT2D eigenvalue weighted by Crippen LogP contribution is -2.13. The number of aliphatic hydroxyl groups is 1. The fourth-order valence-corrected chi connectivity index (χ4v) is 2.46. The van der Waals surface area contributed by atoms with Gasteiger partial charge in [-0.1, -0.05) is 12.1 Å². The van der Waals surface area contributed by atoms with Crippen LogP contribution in [0, 0.1) is 13.8 Å². The third-order valence-corrected chi connectivity index (χ3v) is 3.43. The quantitative estimate of drug-likeness (QED) is 0.877. The molecule has 1 heterocycles. The van der Waals surface area contributed by atoms with Gasteiger partial charge in [-0.25, -0.2) is 4.79 Å². The lowest BCUT2D eigenvalue weighted by molar-refractivity contribution is -0.137. The van der Waals surface area contributed by atoms with Gasteiger partial charge in [0, 0.05) is 11.4 Å². The van der Waals surface area contributed by atoms with Crippen molar-refractivity contribution < 1.29 is 27.8 Å². The van der Waals surface area contributed by atoms with Crippen LogP contribution in [0.2, 0.25) is 0 Å². The SMILES string of the molecule is Cc1cc(C(=O)OCCO)c(C)n1-c1ccccc1C(F)(F)F. The second-order valence-corrected chi connectivity index (χ2v) is 4.99. The summed E-state index contributed by atoms with van der Waals surface area (Å²) in [5.41, 5.74) is 0.179. The number of hydrogen-bond acceptors (Lipinski definition) is 3. The number of aromatic nitrogens is 1. The molecule has 4 nitrogen and oxygen atoms in total. The van der Waals surface area contributed by atoms with E-state index in [-0.39, 0.29) is 24.5 Å². The zero-order valence-corrected chi connectivity index (χ0v) is 12.6. The molecular weight excluding hydrogens is 311 g/mol. The van der Waals surface area contributed by atoms with Crippen molar-refractivity contribution in [3.05, 3.63) is 52.8 Å². The topological polar surface area (TPSA) is 51.5 Å². The molecule has 0 bridgehead atoms. The minimum Gasteiger partial charge on any atom is -0.460 e. The van der Waals surface area contributed by atoms with E-state index in [2.05, 4.69) is 0 Å². The van der Waals surface area contributed by atoms with Crippen LogP contribution in [0.4, 0.5) is 13.2 Å². The van der Waals surface area contributed by atoms with Crippen molar-refractivity contribution in [1.82, 2.24) is 4.57 Å². The van der Waals surface area contributed by atoms with Gasteiger partial charge < -0.3 is 14.4 Å². The lowest BCUT2D eigenvalue weighted by Gasteiger charge is -2.16. The first-order valence-corrected chi connectivity index (χ1v) is 6.91. The average Bonchev–Trinajstić information content (AvgIpc) is 2.79. The van der Waals surface area contributed by atoms with E-state index in [9.17, 15) is 18.0 Å². The van der Waals surface area contributed by atoms with Gasteiger partial charge in [-0.2, -0.15) is 13.2 Å². The molecule has 0 atom stereocenters. The maximum Gasteiger partial charge on any atom is 0.418 e. The maximum atomic E-state index is 13.2. The molecule has 2 rings (SSSR count). The van der Waals surface area contributed by atoms with Gasteiger partial charge in [-0.05, 0) is 32.0 Å². The monoisotopic (exact) mass is 327 g/mol. The van der Waals surface area contributed by atoms with Crippen LogP contribution in [0.5, 0.6) is 0 Å². The maximum absolute atomic E-state index is 13.2. The van der Waals surface area contributed by atoms with E-state index < -0.39 is 17.7 Å². The van der Waals surface area contributed by atoms with Crippen molar-refractivity contribution >= 4 is 5.97 Å². The Labute approximate surface area is 131 Å². The highest BCUT2D eigenvalue weighted by Crippen LogP contribution is 2.35. The number of benzene rings is 1. The molecule has 124 valence electrons. The Balaban J connectivity index is 2.55. The number of alkyl halides is 3. The van der Waals surface area contributed by atoms with Gasteiger partial charge in [0.15, 0.2) is 0 Å². The largest absolute Gasteiger partial charge is 0.460 e. The molecule has 0 amide bonds. The summed E-state index contributed by atoms with van der Waals surface area (Å²) >= 11 is 0. The van der Waals surface area contributed by atoms with Gasteiger partial charge in [0.05, 0.1) is 23.4 Å². The molecule has 0 fully saturated rings. The van der Waals surface area contributed by atoms with Gasteiger partial charge in [0.25, 0.3) is 0 Å². The Morgan fingerprint density at radius 1 is 1.26 bits per heavy atom. The number of esters is 1. The van der Waals surface area contributed by atoms with Crippen LogP contribution in [0.15, 0.2) is 30.3 Å². The second kappa shape index (κ2) is 6.45. The summed E-state index contributed by atoms with van der Waals surface area (Å²) in [7, 11) is 0. The van der Waals surface area contributed by atoms with Crippen LogP contribution in [0.1, 0.15) is 27.3 Å². The van der Waals surface area contributed by atoms with E-state index in [0.717, 1.165) is 6.07 Å². The van der Waals surface area contributed by atoms with Crippen molar-refractivity contribution in [1.29, 1.82) is 0 Å². The number of nitrogens with zero attached hydrogens (tertiary/aromatic N) is 1. The highest BCUT2D eigenvalue weighted by atomic mass is 19.4. The van der Waals surface area contributed by atoms with Crippen molar-refractivity contribution in [3.8, 4) is 5.69 Å². The average molecular weight is 327 g/mol. The third kappa shape index (κ3) is 3.39. The fourth-order valence-electron chi connectivity index (χ4n) is 2.46. The number of carbonyl (C=O) groups excluding carboxylic acids is 1. The minimum atomic E-state index is -4.50. The summed E-state index contributed by atoms with van der Waals surface area (Å²) < 4.78 is 45.8. The zero-order chi connectivity index (χ0) is 17.2. The zero-order valence-electron chi connectivity index (χ0n) is 12.6. The highest BCUT2D eigenvalue weighted by Gasteiger charge is 2.34.